The molecule has 114 valence electrons. The monoisotopic (exact) mass is 291 g/mol. The molecule has 1 unspecified atom stereocenters. The van der Waals surface area contributed by atoms with Gasteiger partial charge in [0.25, 0.3) is 0 Å². The number of nitrogens with one attached hydrogen (secondary N) is 1. The SMILES string of the molecule is COCC(Nc1ccccc1OCC(F)(F)F)C(C)C. The number of methoxy groups -OCH3 is 1. The molecule has 0 saturated carbocycles. The summed E-state index contributed by atoms with van der Waals surface area (Å²) in [5.74, 6) is 0.456. The second-order valence-corrected chi connectivity index (χ2v) is 4.85. The molecule has 0 fully saturated rings. The predicted molar refractivity (Wildman–Crippen MR) is 72.1 cm³/mol. The fraction of sp³-hybridized carbons (Fsp3) is 0.571. The Morgan fingerprint density at radius 2 is 1.85 bits per heavy atom. The van der Waals surface area contributed by atoms with E-state index in [0.29, 0.717) is 12.3 Å². The van der Waals surface area contributed by atoms with E-state index < -0.39 is 12.8 Å². The van der Waals surface area contributed by atoms with Crippen molar-refractivity contribution >= 4 is 5.69 Å². The van der Waals surface area contributed by atoms with Gasteiger partial charge in [-0.2, -0.15) is 13.2 Å². The van der Waals surface area contributed by atoms with Crippen molar-refractivity contribution in [3.63, 3.8) is 0 Å². The molecule has 0 aliphatic carbocycles. The van der Waals surface area contributed by atoms with Crippen LogP contribution in [-0.4, -0.2) is 32.5 Å². The maximum atomic E-state index is 12.2. The van der Waals surface area contributed by atoms with Crippen LogP contribution in [0.3, 0.4) is 0 Å². The second kappa shape index (κ2) is 7.38. The summed E-state index contributed by atoms with van der Waals surface area (Å²) in [4.78, 5) is 0. The summed E-state index contributed by atoms with van der Waals surface area (Å²) in [5.41, 5.74) is 0.535. The standard InChI is InChI=1S/C14H20F3NO2/c1-10(2)12(8-19-3)18-11-6-4-5-7-13(11)20-9-14(15,16)17/h4-7,10,12,18H,8-9H2,1-3H3. The minimum Gasteiger partial charge on any atom is -0.482 e. The molecule has 0 saturated heterocycles. The molecule has 0 radical (unpaired) electrons. The highest BCUT2D eigenvalue weighted by atomic mass is 19.4. The molecule has 0 aliphatic heterocycles. The molecular formula is C14H20F3NO2. The lowest BCUT2D eigenvalue weighted by Gasteiger charge is -2.24. The molecule has 1 aromatic rings. The second-order valence-electron chi connectivity index (χ2n) is 4.85. The number of ether oxygens (including phenoxy) is 2. The average Bonchev–Trinajstić information content (AvgIpc) is 2.36. The number of benzene rings is 1. The first-order valence-electron chi connectivity index (χ1n) is 6.37. The first-order chi connectivity index (χ1) is 9.33. The number of hydrogen-bond acceptors (Lipinski definition) is 3. The lowest BCUT2D eigenvalue weighted by molar-refractivity contribution is -0.153. The molecular weight excluding hydrogens is 271 g/mol. The van der Waals surface area contributed by atoms with Crippen molar-refractivity contribution in [2.45, 2.75) is 26.1 Å². The third-order valence-electron chi connectivity index (χ3n) is 2.77. The summed E-state index contributed by atoms with van der Waals surface area (Å²) in [6.07, 6.45) is -4.35. The number of para-hydroxylation sites is 2. The Morgan fingerprint density at radius 3 is 2.40 bits per heavy atom. The Bertz CT molecular complexity index is 408. The van der Waals surface area contributed by atoms with Crippen LogP contribution in [0.1, 0.15) is 13.8 Å². The fourth-order valence-corrected chi connectivity index (χ4v) is 1.65. The maximum Gasteiger partial charge on any atom is 0.422 e. The Morgan fingerprint density at radius 1 is 1.20 bits per heavy atom. The zero-order valence-electron chi connectivity index (χ0n) is 11.8. The molecule has 0 bridgehead atoms. The van der Waals surface area contributed by atoms with Gasteiger partial charge in [-0.25, -0.2) is 0 Å². The van der Waals surface area contributed by atoms with Crippen LogP contribution >= 0.6 is 0 Å². The molecule has 20 heavy (non-hydrogen) atoms. The van der Waals surface area contributed by atoms with Gasteiger partial charge in [0.1, 0.15) is 5.75 Å². The zero-order chi connectivity index (χ0) is 15.2. The van der Waals surface area contributed by atoms with Crippen molar-refractivity contribution in [3.05, 3.63) is 24.3 Å². The summed E-state index contributed by atoms with van der Waals surface area (Å²) in [5, 5.41) is 3.17. The Labute approximate surface area is 117 Å². The van der Waals surface area contributed by atoms with E-state index >= 15 is 0 Å². The van der Waals surface area contributed by atoms with Gasteiger partial charge in [0, 0.05) is 7.11 Å². The molecule has 1 aromatic carbocycles. The summed E-state index contributed by atoms with van der Waals surface area (Å²) in [6, 6.07) is 6.58. The van der Waals surface area contributed by atoms with Gasteiger partial charge in [-0.15, -0.1) is 0 Å². The van der Waals surface area contributed by atoms with Crippen molar-refractivity contribution in [2.24, 2.45) is 5.92 Å². The highest BCUT2D eigenvalue weighted by Gasteiger charge is 2.29. The summed E-state index contributed by atoms with van der Waals surface area (Å²) in [7, 11) is 1.59. The summed E-state index contributed by atoms with van der Waals surface area (Å²) >= 11 is 0. The minimum absolute atomic E-state index is 0.00404. The molecule has 0 aliphatic rings. The number of halogens is 3. The largest absolute Gasteiger partial charge is 0.482 e. The lowest BCUT2D eigenvalue weighted by atomic mass is 10.0. The predicted octanol–water partition coefficient (Wildman–Crippen LogP) is 3.71. The van der Waals surface area contributed by atoms with E-state index in [1.807, 2.05) is 13.8 Å². The highest BCUT2D eigenvalue weighted by molar-refractivity contribution is 5.56. The van der Waals surface area contributed by atoms with E-state index in [2.05, 4.69) is 5.32 Å². The fourth-order valence-electron chi connectivity index (χ4n) is 1.65. The number of anilines is 1. The highest BCUT2D eigenvalue weighted by Crippen LogP contribution is 2.27. The normalized spacial score (nSPS) is 13.3. The average molecular weight is 291 g/mol. The third-order valence-corrected chi connectivity index (χ3v) is 2.77. The third kappa shape index (κ3) is 5.69. The van der Waals surface area contributed by atoms with E-state index in [1.165, 1.54) is 6.07 Å². The number of alkyl halides is 3. The van der Waals surface area contributed by atoms with Crippen LogP contribution in [0.5, 0.6) is 5.75 Å². The van der Waals surface area contributed by atoms with Gasteiger partial charge in [0.15, 0.2) is 6.61 Å². The molecule has 1 rings (SSSR count). The summed E-state index contributed by atoms with van der Waals surface area (Å²) < 4.78 is 46.6. The van der Waals surface area contributed by atoms with Gasteiger partial charge in [-0.1, -0.05) is 26.0 Å². The molecule has 0 heterocycles. The van der Waals surface area contributed by atoms with Gasteiger partial charge in [-0.05, 0) is 18.1 Å². The van der Waals surface area contributed by atoms with Crippen molar-refractivity contribution in [1.82, 2.24) is 0 Å². The van der Waals surface area contributed by atoms with Crippen molar-refractivity contribution in [2.75, 3.05) is 25.6 Å². The Kier molecular flexibility index (Phi) is 6.13. The molecule has 1 N–H and O–H groups in total. The molecule has 0 aromatic heterocycles. The van der Waals surface area contributed by atoms with Crippen LogP contribution in [-0.2, 0) is 4.74 Å². The first-order valence-corrected chi connectivity index (χ1v) is 6.37. The number of rotatable bonds is 7. The van der Waals surface area contributed by atoms with Crippen LogP contribution in [0.2, 0.25) is 0 Å². The van der Waals surface area contributed by atoms with Gasteiger partial charge in [0.2, 0.25) is 0 Å². The minimum atomic E-state index is -4.35. The smallest absolute Gasteiger partial charge is 0.422 e. The van der Waals surface area contributed by atoms with Crippen molar-refractivity contribution in [3.8, 4) is 5.75 Å². The Balaban J connectivity index is 2.78. The molecule has 1 atom stereocenters. The van der Waals surface area contributed by atoms with Crippen molar-refractivity contribution in [1.29, 1.82) is 0 Å². The van der Waals surface area contributed by atoms with E-state index in [4.69, 9.17) is 9.47 Å². The van der Waals surface area contributed by atoms with Crippen LogP contribution < -0.4 is 10.1 Å². The zero-order valence-corrected chi connectivity index (χ0v) is 11.8. The Hall–Kier alpha value is -1.43. The van der Waals surface area contributed by atoms with Gasteiger partial charge >= 0.3 is 6.18 Å². The van der Waals surface area contributed by atoms with E-state index in [0.717, 1.165) is 0 Å². The van der Waals surface area contributed by atoms with Gasteiger partial charge in [0.05, 0.1) is 18.3 Å². The maximum absolute atomic E-state index is 12.2. The first kappa shape index (κ1) is 16.6. The van der Waals surface area contributed by atoms with Crippen LogP contribution in [0.25, 0.3) is 0 Å². The van der Waals surface area contributed by atoms with E-state index in [1.54, 1.807) is 25.3 Å². The van der Waals surface area contributed by atoms with Crippen LogP contribution in [0, 0.1) is 5.92 Å². The van der Waals surface area contributed by atoms with Gasteiger partial charge < -0.3 is 14.8 Å². The quantitative estimate of drug-likeness (QED) is 0.830. The molecule has 0 amide bonds. The van der Waals surface area contributed by atoms with Crippen LogP contribution in [0.4, 0.5) is 18.9 Å². The topological polar surface area (TPSA) is 30.5 Å². The molecule has 0 spiro atoms. The van der Waals surface area contributed by atoms with Crippen LogP contribution in [0.15, 0.2) is 24.3 Å². The summed E-state index contributed by atoms with van der Waals surface area (Å²) in [6.45, 7) is 3.18. The number of hydrogen-bond donors (Lipinski definition) is 1. The molecule has 3 nitrogen and oxygen atoms in total. The van der Waals surface area contributed by atoms with Gasteiger partial charge in [-0.3, -0.25) is 0 Å². The lowest BCUT2D eigenvalue weighted by Crippen LogP contribution is -2.30. The van der Waals surface area contributed by atoms with Crippen molar-refractivity contribution < 1.29 is 22.6 Å². The van der Waals surface area contributed by atoms with E-state index in [-0.39, 0.29) is 17.7 Å². The molecule has 6 heteroatoms. The van der Waals surface area contributed by atoms with E-state index in [9.17, 15) is 13.2 Å².